The predicted octanol–water partition coefficient (Wildman–Crippen LogP) is 2.41. The number of ether oxygens (including phenoxy) is 1. The van der Waals surface area contributed by atoms with Crippen molar-refractivity contribution in [2.75, 3.05) is 18.9 Å². The van der Waals surface area contributed by atoms with Gasteiger partial charge in [-0.3, -0.25) is 0 Å². The molecule has 2 heterocycles. The van der Waals surface area contributed by atoms with Gasteiger partial charge in [-0.1, -0.05) is 0 Å². The first-order valence-electron chi connectivity index (χ1n) is 6.76. The van der Waals surface area contributed by atoms with E-state index in [-0.39, 0.29) is 17.5 Å². The molecule has 2 aromatic rings. The summed E-state index contributed by atoms with van der Waals surface area (Å²) in [5.74, 6) is 0.621. The van der Waals surface area contributed by atoms with Gasteiger partial charge in [0.1, 0.15) is 17.6 Å². The number of anilines is 1. The molecule has 1 aromatic carbocycles. The molecule has 3 N–H and O–H groups in total. The van der Waals surface area contributed by atoms with Crippen molar-refractivity contribution in [2.24, 2.45) is 0 Å². The van der Waals surface area contributed by atoms with Crippen LogP contribution in [0.25, 0.3) is 11.3 Å². The minimum absolute atomic E-state index is 0.181. The van der Waals surface area contributed by atoms with Crippen molar-refractivity contribution in [3.8, 4) is 23.1 Å². The first kappa shape index (κ1) is 13.4. The molecule has 0 radical (unpaired) electrons. The lowest BCUT2D eigenvalue weighted by atomic mass is 9.93. The van der Waals surface area contributed by atoms with Gasteiger partial charge < -0.3 is 15.6 Å². The molecule has 21 heavy (non-hydrogen) atoms. The molecular formula is C16H15N3O2. The number of hydrogen-bond acceptors (Lipinski definition) is 5. The van der Waals surface area contributed by atoms with Crippen molar-refractivity contribution >= 4 is 5.82 Å². The van der Waals surface area contributed by atoms with Crippen LogP contribution in [0.3, 0.4) is 0 Å². The molecule has 0 bridgehead atoms. The second-order valence-electron chi connectivity index (χ2n) is 5.08. The Hall–Kier alpha value is -2.58. The number of rotatable bonds is 2. The number of nitriles is 1. The topological polar surface area (TPSA) is 92.2 Å². The summed E-state index contributed by atoms with van der Waals surface area (Å²) in [6, 6.07) is 10.8. The Balaban J connectivity index is 2.10. The normalized spacial score (nSPS) is 17.6. The molecule has 0 unspecified atom stereocenters. The highest BCUT2D eigenvalue weighted by molar-refractivity contribution is 5.67. The van der Waals surface area contributed by atoms with E-state index in [0.717, 1.165) is 17.5 Å². The van der Waals surface area contributed by atoms with E-state index in [9.17, 15) is 10.4 Å². The monoisotopic (exact) mass is 281 g/mol. The quantitative estimate of drug-likeness (QED) is 0.881. The van der Waals surface area contributed by atoms with Crippen molar-refractivity contribution in [1.82, 2.24) is 4.98 Å². The lowest BCUT2D eigenvalue weighted by Gasteiger charge is -2.14. The minimum atomic E-state index is 0.181. The third kappa shape index (κ3) is 2.54. The van der Waals surface area contributed by atoms with Gasteiger partial charge in [0.2, 0.25) is 0 Å². The molecule has 1 aliphatic rings. The zero-order valence-electron chi connectivity index (χ0n) is 11.4. The summed E-state index contributed by atoms with van der Waals surface area (Å²) in [5, 5.41) is 18.7. The Morgan fingerprint density at radius 1 is 1.33 bits per heavy atom. The summed E-state index contributed by atoms with van der Waals surface area (Å²) in [6.07, 6.45) is 0.882. The fraction of sp³-hybridized carbons (Fsp3) is 0.250. The SMILES string of the molecule is N#Cc1c([C@@H]2CCOC2)cc(-c2ccc(O)cc2)nc1N. The Bertz CT molecular complexity index is 699. The van der Waals surface area contributed by atoms with Gasteiger partial charge in [0.05, 0.1) is 17.9 Å². The molecule has 1 saturated heterocycles. The summed E-state index contributed by atoms with van der Waals surface area (Å²) >= 11 is 0. The van der Waals surface area contributed by atoms with E-state index in [2.05, 4.69) is 11.1 Å². The van der Waals surface area contributed by atoms with E-state index >= 15 is 0 Å². The molecule has 106 valence electrons. The number of nitrogen functional groups attached to an aromatic ring is 1. The molecule has 1 aliphatic heterocycles. The van der Waals surface area contributed by atoms with Crippen molar-refractivity contribution in [1.29, 1.82) is 5.26 Å². The van der Waals surface area contributed by atoms with E-state index in [0.29, 0.717) is 24.5 Å². The summed E-state index contributed by atoms with van der Waals surface area (Å²) in [7, 11) is 0. The molecule has 0 spiro atoms. The largest absolute Gasteiger partial charge is 0.508 e. The van der Waals surface area contributed by atoms with Crippen LogP contribution in [-0.2, 0) is 4.74 Å². The number of phenolic OH excluding ortho intramolecular Hbond substituents is 1. The number of aromatic hydroxyl groups is 1. The van der Waals surface area contributed by atoms with Gasteiger partial charge in [0.15, 0.2) is 0 Å². The number of benzene rings is 1. The molecule has 3 rings (SSSR count). The molecule has 1 fully saturated rings. The summed E-state index contributed by atoms with van der Waals surface area (Å²) in [4.78, 5) is 4.31. The number of pyridine rings is 1. The smallest absolute Gasteiger partial charge is 0.142 e. The van der Waals surface area contributed by atoms with Crippen LogP contribution in [0, 0.1) is 11.3 Å². The van der Waals surface area contributed by atoms with Gasteiger partial charge >= 0.3 is 0 Å². The number of aromatic nitrogens is 1. The fourth-order valence-electron chi connectivity index (χ4n) is 2.59. The zero-order valence-corrected chi connectivity index (χ0v) is 11.4. The van der Waals surface area contributed by atoms with E-state index in [4.69, 9.17) is 10.5 Å². The maximum absolute atomic E-state index is 9.36. The summed E-state index contributed by atoms with van der Waals surface area (Å²) in [6.45, 7) is 1.31. The third-order valence-electron chi connectivity index (χ3n) is 3.72. The average molecular weight is 281 g/mol. The number of nitrogens with two attached hydrogens (primary N) is 1. The number of nitrogens with zero attached hydrogens (tertiary/aromatic N) is 2. The van der Waals surface area contributed by atoms with Crippen molar-refractivity contribution in [2.45, 2.75) is 12.3 Å². The first-order valence-corrected chi connectivity index (χ1v) is 6.76. The summed E-state index contributed by atoms with van der Waals surface area (Å²) in [5.41, 5.74) is 8.83. The highest BCUT2D eigenvalue weighted by Crippen LogP contribution is 2.33. The average Bonchev–Trinajstić information content (AvgIpc) is 3.01. The maximum atomic E-state index is 9.36. The Kier molecular flexibility index (Phi) is 3.46. The molecule has 1 aromatic heterocycles. The van der Waals surface area contributed by atoms with Crippen LogP contribution in [-0.4, -0.2) is 23.3 Å². The Morgan fingerprint density at radius 2 is 2.10 bits per heavy atom. The number of phenols is 1. The van der Waals surface area contributed by atoms with Gasteiger partial charge in [-0.2, -0.15) is 5.26 Å². The van der Waals surface area contributed by atoms with Crippen LogP contribution in [0.4, 0.5) is 5.82 Å². The van der Waals surface area contributed by atoms with Crippen LogP contribution in [0.5, 0.6) is 5.75 Å². The Morgan fingerprint density at radius 3 is 2.71 bits per heavy atom. The molecule has 5 heteroatoms. The highest BCUT2D eigenvalue weighted by atomic mass is 16.5. The van der Waals surface area contributed by atoms with Crippen molar-refractivity contribution in [3.63, 3.8) is 0 Å². The highest BCUT2D eigenvalue weighted by Gasteiger charge is 2.23. The van der Waals surface area contributed by atoms with Crippen LogP contribution < -0.4 is 5.73 Å². The molecule has 0 aliphatic carbocycles. The maximum Gasteiger partial charge on any atom is 0.142 e. The molecule has 0 amide bonds. The molecule has 5 nitrogen and oxygen atoms in total. The van der Waals surface area contributed by atoms with Gasteiger partial charge in [-0.05, 0) is 42.3 Å². The van der Waals surface area contributed by atoms with Crippen molar-refractivity contribution in [3.05, 3.63) is 41.5 Å². The Labute approximate surface area is 122 Å². The zero-order chi connectivity index (χ0) is 14.8. The van der Waals surface area contributed by atoms with Gasteiger partial charge in [0, 0.05) is 18.1 Å². The van der Waals surface area contributed by atoms with E-state index in [1.165, 1.54) is 0 Å². The van der Waals surface area contributed by atoms with Gasteiger partial charge in [0.25, 0.3) is 0 Å². The van der Waals surface area contributed by atoms with Crippen LogP contribution >= 0.6 is 0 Å². The van der Waals surface area contributed by atoms with E-state index in [1.807, 2.05) is 6.07 Å². The lowest BCUT2D eigenvalue weighted by Crippen LogP contribution is -2.06. The number of hydrogen-bond donors (Lipinski definition) is 2. The summed E-state index contributed by atoms with van der Waals surface area (Å²) < 4.78 is 5.41. The third-order valence-corrected chi connectivity index (χ3v) is 3.72. The predicted molar refractivity (Wildman–Crippen MR) is 78.6 cm³/mol. The second kappa shape index (κ2) is 5.43. The molecule has 0 saturated carbocycles. The van der Waals surface area contributed by atoms with Crippen LogP contribution in [0.2, 0.25) is 0 Å². The van der Waals surface area contributed by atoms with E-state index < -0.39 is 0 Å². The van der Waals surface area contributed by atoms with Crippen LogP contribution in [0.15, 0.2) is 30.3 Å². The second-order valence-corrected chi connectivity index (χ2v) is 5.08. The molecule has 1 atom stereocenters. The minimum Gasteiger partial charge on any atom is -0.508 e. The first-order chi connectivity index (χ1) is 10.2. The van der Waals surface area contributed by atoms with Crippen molar-refractivity contribution < 1.29 is 9.84 Å². The standard InChI is InChI=1S/C16H15N3O2/c17-8-14-13(11-5-6-21-9-11)7-15(19-16(14)18)10-1-3-12(20)4-2-10/h1-4,7,11,20H,5-6,9H2,(H2,18,19)/t11-/m1/s1. The van der Waals surface area contributed by atoms with E-state index in [1.54, 1.807) is 24.3 Å². The van der Waals surface area contributed by atoms with Crippen LogP contribution in [0.1, 0.15) is 23.5 Å². The van der Waals surface area contributed by atoms with Gasteiger partial charge in [-0.15, -0.1) is 0 Å². The molecular weight excluding hydrogens is 266 g/mol. The van der Waals surface area contributed by atoms with Gasteiger partial charge in [-0.25, -0.2) is 4.98 Å². The lowest BCUT2D eigenvalue weighted by molar-refractivity contribution is 0.194. The fourth-order valence-corrected chi connectivity index (χ4v) is 2.59.